The van der Waals surface area contributed by atoms with E-state index in [1.54, 1.807) is 19.2 Å². The molecule has 1 N–H and O–H groups in total. The Labute approximate surface area is 94.4 Å². The number of halogens is 2. The maximum atomic E-state index is 13.0. The van der Waals surface area contributed by atoms with Gasteiger partial charge in [0.2, 0.25) is 0 Å². The molecule has 1 rings (SSSR count). The van der Waals surface area contributed by atoms with Crippen molar-refractivity contribution in [1.82, 2.24) is 5.32 Å². The van der Waals surface area contributed by atoms with Crippen molar-refractivity contribution in [3.63, 3.8) is 0 Å². The van der Waals surface area contributed by atoms with Gasteiger partial charge in [0, 0.05) is 20.2 Å². The Morgan fingerprint density at radius 2 is 2.27 bits per heavy atom. The van der Waals surface area contributed by atoms with Crippen molar-refractivity contribution in [2.75, 3.05) is 13.7 Å². The molecule has 1 atom stereocenters. The number of benzene rings is 1. The molecule has 0 aliphatic rings. The Morgan fingerprint density at radius 1 is 1.53 bits per heavy atom. The number of methoxy groups -OCH3 is 1. The summed E-state index contributed by atoms with van der Waals surface area (Å²) < 4.78 is 18.1. The van der Waals surface area contributed by atoms with Crippen molar-refractivity contribution >= 4 is 11.6 Å². The summed E-state index contributed by atoms with van der Waals surface area (Å²) in [5.74, 6) is -0.379. The fourth-order valence-electron chi connectivity index (χ4n) is 1.15. The first kappa shape index (κ1) is 12.4. The maximum Gasteiger partial charge on any atom is 0.142 e. The van der Waals surface area contributed by atoms with Crippen molar-refractivity contribution in [2.45, 2.75) is 19.6 Å². The number of hydrogen-bond acceptors (Lipinski definition) is 2. The molecule has 0 heterocycles. The van der Waals surface area contributed by atoms with Crippen LogP contribution in [0.25, 0.3) is 0 Å². The van der Waals surface area contributed by atoms with Gasteiger partial charge in [0.15, 0.2) is 0 Å². The fraction of sp³-hybridized carbons (Fsp3) is 0.455. The summed E-state index contributed by atoms with van der Waals surface area (Å²) in [6.45, 7) is 3.32. The van der Waals surface area contributed by atoms with Crippen LogP contribution < -0.4 is 5.32 Å². The van der Waals surface area contributed by atoms with Crippen LogP contribution >= 0.6 is 11.6 Å². The summed E-state index contributed by atoms with van der Waals surface area (Å²) in [7, 11) is 1.66. The van der Waals surface area contributed by atoms with Gasteiger partial charge in [0.05, 0.1) is 11.1 Å². The maximum absolute atomic E-state index is 13.0. The molecule has 0 saturated heterocycles. The summed E-state index contributed by atoms with van der Waals surface area (Å²) in [6.07, 6.45) is 0.155. The molecule has 1 unspecified atom stereocenters. The standard InChI is InChI=1S/C11H15ClFNO/c1-8(15-2)6-14-7-9-3-4-10(12)11(13)5-9/h3-5,8,14H,6-7H2,1-2H3. The van der Waals surface area contributed by atoms with Gasteiger partial charge in [-0.1, -0.05) is 17.7 Å². The third-order valence-corrected chi connectivity index (χ3v) is 2.45. The second kappa shape index (κ2) is 6.05. The van der Waals surface area contributed by atoms with Crippen molar-refractivity contribution in [1.29, 1.82) is 0 Å². The second-order valence-corrected chi connectivity index (χ2v) is 3.83. The first-order valence-corrected chi connectivity index (χ1v) is 5.18. The van der Waals surface area contributed by atoms with Crippen LogP contribution in [-0.4, -0.2) is 19.8 Å². The molecule has 15 heavy (non-hydrogen) atoms. The normalized spacial score (nSPS) is 12.8. The molecule has 0 bridgehead atoms. The average Bonchev–Trinajstić information content (AvgIpc) is 2.23. The summed E-state index contributed by atoms with van der Waals surface area (Å²) in [6, 6.07) is 4.80. The Hall–Kier alpha value is -0.640. The molecule has 0 aromatic heterocycles. The molecule has 4 heteroatoms. The molecule has 0 amide bonds. The molecule has 0 aliphatic carbocycles. The highest BCUT2D eigenvalue weighted by molar-refractivity contribution is 6.30. The zero-order chi connectivity index (χ0) is 11.3. The average molecular weight is 232 g/mol. The lowest BCUT2D eigenvalue weighted by atomic mass is 10.2. The third-order valence-electron chi connectivity index (χ3n) is 2.15. The topological polar surface area (TPSA) is 21.3 Å². The van der Waals surface area contributed by atoms with Gasteiger partial charge in [-0.05, 0) is 24.6 Å². The van der Waals surface area contributed by atoms with E-state index in [2.05, 4.69) is 5.32 Å². The minimum absolute atomic E-state index is 0.155. The van der Waals surface area contributed by atoms with E-state index < -0.39 is 0 Å². The lowest BCUT2D eigenvalue weighted by Gasteiger charge is -2.10. The summed E-state index contributed by atoms with van der Waals surface area (Å²) in [5.41, 5.74) is 0.875. The predicted octanol–water partition coefficient (Wildman–Crippen LogP) is 2.60. The summed E-state index contributed by atoms with van der Waals surface area (Å²) in [4.78, 5) is 0. The van der Waals surface area contributed by atoms with Crippen LogP contribution in [0.4, 0.5) is 4.39 Å². The highest BCUT2D eigenvalue weighted by atomic mass is 35.5. The zero-order valence-corrected chi connectivity index (χ0v) is 9.64. The molecule has 0 radical (unpaired) electrons. The quantitative estimate of drug-likeness (QED) is 0.841. The lowest BCUT2D eigenvalue weighted by Crippen LogP contribution is -2.25. The van der Waals surface area contributed by atoms with Crippen molar-refractivity contribution in [2.24, 2.45) is 0 Å². The van der Waals surface area contributed by atoms with Crippen LogP contribution in [0.15, 0.2) is 18.2 Å². The van der Waals surface area contributed by atoms with E-state index in [4.69, 9.17) is 16.3 Å². The third kappa shape index (κ3) is 4.16. The Morgan fingerprint density at radius 3 is 2.87 bits per heavy atom. The van der Waals surface area contributed by atoms with E-state index in [9.17, 15) is 4.39 Å². The largest absolute Gasteiger partial charge is 0.380 e. The summed E-state index contributed by atoms with van der Waals surface area (Å²) >= 11 is 5.57. The van der Waals surface area contributed by atoms with E-state index in [1.807, 2.05) is 6.92 Å². The minimum atomic E-state index is -0.379. The molecular formula is C11H15ClFNO. The Balaban J connectivity index is 2.41. The first-order valence-electron chi connectivity index (χ1n) is 4.81. The highest BCUT2D eigenvalue weighted by Crippen LogP contribution is 2.15. The summed E-state index contributed by atoms with van der Waals surface area (Å²) in [5, 5.41) is 3.32. The van der Waals surface area contributed by atoms with Crippen molar-refractivity contribution in [3.8, 4) is 0 Å². The van der Waals surface area contributed by atoms with Gasteiger partial charge in [-0.3, -0.25) is 0 Å². The Bertz CT molecular complexity index is 319. The fourth-order valence-corrected chi connectivity index (χ4v) is 1.27. The van der Waals surface area contributed by atoms with Gasteiger partial charge in [-0.15, -0.1) is 0 Å². The monoisotopic (exact) mass is 231 g/mol. The SMILES string of the molecule is COC(C)CNCc1ccc(Cl)c(F)c1. The van der Waals surface area contributed by atoms with E-state index in [0.717, 1.165) is 12.1 Å². The van der Waals surface area contributed by atoms with Crippen LogP contribution in [0.1, 0.15) is 12.5 Å². The first-order chi connectivity index (χ1) is 7.13. The molecule has 0 saturated carbocycles. The van der Waals surface area contributed by atoms with Crippen LogP contribution in [0.2, 0.25) is 5.02 Å². The molecule has 0 spiro atoms. The van der Waals surface area contributed by atoms with Crippen LogP contribution in [0.5, 0.6) is 0 Å². The van der Waals surface area contributed by atoms with Crippen molar-refractivity contribution < 1.29 is 9.13 Å². The molecule has 2 nitrogen and oxygen atoms in total. The van der Waals surface area contributed by atoms with E-state index in [1.165, 1.54) is 6.07 Å². The van der Waals surface area contributed by atoms with Crippen LogP contribution in [0, 0.1) is 5.82 Å². The zero-order valence-electron chi connectivity index (χ0n) is 8.89. The molecule has 1 aromatic carbocycles. The number of rotatable bonds is 5. The molecule has 1 aromatic rings. The van der Waals surface area contributed by atoms with Gasteiger partial charge in [0.25, 0.3) is 0 Å². The number of ether oxygens (including phenoxy) is 1. The van der Waals surface area contributed by atoms with Gasteiger partial charge in [-0.25, -0.2) is 4.39 Å². The van der Waals surface area contributed by atoms with Crippen molar-refractivity contribution in [3.05, 3.63) is 34.6 Å². The van der Waals surface area contributed by atoms with Crippen LogP contribution in [0.3, 0.4) is 0 Å². The van der Waals surface area contributed by atoms with Gasteiger partial charge in [0.1, 0.15) is 5.82 Å². The molecular weight excluding hydrogens is 217 g/mol. The lowest BCUT2D eigenvalue weighted by molar-refractivity contribution is 0.117. The predicted molar refractivity (Wildman–Crippen MR) is 59.6 cm³/mol. The van der Waals surface area contributed by atoms with E-state index in [0.29, 0.717) is 6.54 Å². The highest BCUT2D eigenvalue weighted by Gasteiger charge is 2.02. The van der Waals surface area contributed by atoms with Crippen LogP contribution in [-0.2, 0) is 11.3 Å². The number of nitrogens with one attached hydrogen (secondary N) is 1. The number of hydrogen-bond donors (Lipinski definition) is 1. The minimum Gasteiger partial charge on any atom is -0.380 e. The Kier molecular flexibility index (Phi) is 5.02. The van der Waals surface area contributed by atoms with Gasteiger partial charge in [-0.2, -0.15) is 0 Å². The van der Waals surface area contributed by atoms with Gasteiger partial charge < -0.3 is 10.1 Å². The smallest absolute Gasteiger partial charge is 0.142 e. The van der Waals surface area contributed by atoms with Gasteiger partial charge >= 0.3 is 0 Å². The molecule has 0 fully saturated rings. The second-order valence-electron chi connectivity index (χ2n) is 3.43. The molecule has 84 valence electrons. The molecule has 0 aliphatic heterocycles. The van der Waals surface area contributed by atoms with E-state index >= 15 is 0 Å². The van der Waals surface area contributed by atoms with E-state index in [-0.39, 0.29) is 16.9 Å².